The maximum absolute atomic E-state index is 5.87. The van der Waals surface area contributed by atoms with Crippen LogP contribution in [0.25, 0.3) is 0 Å². The quantitative estimate of drug-likeness (QED) is 0.912. The van der Waals surface area contributed by atoms with Crippen molar-refractivity contribution in [1.29, 1.82) is 0 Å². The van der Waals surface area contributed by atoms with Gasteiger partial charge in [0.1, 0.15) is 18.1 Å². The van der Waals surface area contributed by atoms with Crippen LogP contribution < -0.4 is 10.5 Å². The Kier molecular flexibility index (Phi) is 3.96. The van der Waals surface area contributed by atoms with Crippen LogP contribution in [-0.2, 0) is 18.6 Å². The van der Waals surface area contributed by atoms with E-state index in [1.54, 1.807) is 6.26 Å². The molecule has 1 aromatic carbocycles. The first-order valence-electron chi connectivity index (χ1n) is 6.49. The summed E-state index contributed by atoms with van der Waals surface area (Å²) < 4.78 is 11.3. The van der Waals surface area contributed by atoms with Crippen LogP contribution >= 0.6 is 0 Å². The van der Waals surface area contributed by atoms with Gasteiger partial charge in [-0.15, -0.1) is 0 Å². The number of hydrogen-bond acceptors (Lipinski definition) is 3. The summed E-state index contributed by atoms with van der Waals surface area (Å²) in [5.41, 5.74) is 7.79. The van der Waals surface area contributed by atoms with Crippen LogP contribution in [0.4, 0.5) is 0 Å². The molecule has 0 spiro atoms. The molecule has 1 aromatic heterocycles. The lowest BCUT2D eigenvalue weighted by Crippen LogP contribution is -2.13. The van der Waals surface area contributed by atoms with Crippen molar-refractivity contribution in [3.63, 3.8) is 0 Å². The highest BCUT2D eigenvalue weighted by Gasteiger charge is 2.18. The fourth-order valence-corrected chi connectivity index (χ4v) is 1.97. The van der Waals surface area contributed by atoms with Gasteiger partial charge in [-0.2, -0.15) is 0 Å². The zero-order valence-corrected chi connectivity index (χ0v) is 11.8. The third kappa shape index (κ3) is 3.38. The molecule has 0 amide bonds. The second kappa shape index (κ2) is 5.49. The van der Waals surface area contributed by atoms with E-state index in [1.165, 1.54) is 5.56 Å². The number of hydrogen-bond donors (Lipinski definition) is 1. The van der Waals surface area contributed by atoms with E-state index >= 15 is 0 Å². The van der Waals surface area contributed by atoms with Crippen molar-refractivity contribution in [2.24, 2.45) is 5.73 Å². The number of ether oxygens (including phenoxy) is 1. The lowest BCUT2D eigenvalue weighted by molar-refractivity contribution is 0.264. The van der Waals surface area contributed by atoms with E-state index in [4.69, 9.17) is 14.9 Å². The van der Waals surface area contributed by atoms with Gasteiger partial charge in [-0.3, -0.25) is 0 Å². The Labute approximate surface area is 114 Å². The third-order valence-corrected chi connectivity index (χ3v) is 3.01. The van der Waals surface area contributed by atoms with E-state index in [0.29, 0.717) is 13.2 Å². The molecular weight excluding hydrogens is 238 g/mol. The van der Waals surface area contributed by atoms with Crippen LogP contribution in [0.1, 0.15) is 37.7 Å². The van der Waals surface area contributed by atoms with Crippen LogP contribution in [0.5, 0.6) is 5.75 Å². The van der Waals surface area contributed by atoms with E-state index < -0.39 is 0 Å². The topological polar surface area (TPSA) is 48.4 Å². The SMILES string of the molecule is CC(C)(C)c1ccccc1OCc1cc(CN)co1. The maximum Gasteiger partial charge on any atom is 0.146 e. The fraction of sp³-hybridized carbons (Fsp3) is 0.375. The van der Waals surface area contributed by atoms with E-state index in [9.17, 15) is 0 Å². The molecule has 1 heterocycles. The lowest BCUT2D eigenvalue weighted by Gasteiger charge is -2.22. The minimum absolute atomic E-state index is 0.0577. The van der Waals surface area contributed by atoms with Gasteiger partial charge in [0.05, 0.1) is 6.26 Å². The summed E-state index contributed by atoms with van der Waals surface area (Å²) in [6.07, 6.45) is 1.67. The zero-order valence-electron chi connectivity index (χ0n) is 11.8. The Morgan fingerprint density at radius 3 is 2.58 bits per heavy atom. The molecule has 0 fully saturated rings. The highest BCUT2D eigenvalue weighted by Crippen LogP contribution is 2.31. The highest BCUT2D eigenvalue weighted by molar-refractivity contribution is 5.38. The summed E-state index contributed by atoms with van der Waals surface area (Å²) in [5.74, 6) is 1.70. The van der Waals surface area contributed by atoms with Crippen molar-refractivity contribution >= 4 is 0 Å². The predicted molar refractivity (Wildman–Crippen MR) is 76.1 cm³/mol. The molecule has 2 aromatic rings. The van der Waals surface area contributed by atoms with Crippen LogP contribution in [0.3, 0.4) is 0 Å². The van der Waals surface area contributed by atoms with Crippen LogP contribution in [0.2, 0.25) is 0 Å². The summed E-state index contributed by atoms with van der Waals surface area (Å²) in [4.78, 5) is 0. The van der Waals surface area contributed by atoms with E-state index in [-0.39, 0.29) is 5.41 Å². The van der Waals surface area contributed by atoms with Crippen LogP contribution in [0, 0.1) is 0 Å². The number of furan rings is 1. The van der Waals surface area contributed by atoms with Gasteiger partial charge in [0.2, 0.25) is 0 Å². The lowest BCUT2D eigenvalue weighted by atomic mass is 9.86. The number of benzene rings is 1. The molecule has 0 aliphatic carbocycles. The third-order valence-electron chi connectivity index (χ3n) is 3.01. The largest absolute Gasteiger partial charge is 0.485 e. The zero-order chi connectivity index (χ0) is 13.9. The molecule has 19 heavy (non-hydrogen) atoms. The van der Waals surface area contributed by atoms with Gasteiger partial charge in [0.15, 0.2) is 0 Å². The first-order valence-corrected chi connectivity index (χ1v) is 6.49. The number of rotatable bonds is 4. The van der Waals surface area contributed by atoms with E-state index in [2.05, 4.69) is 26.8 Å². The standard InChI is InChI=1S/C16H21NO2/c1-16(2,3)14-6-4-5-7-15(14)19-11-13-8-12(9-17)10-18-13/h4-8,10H,9,11,17H2,1-3H3. The summed E-state index contributed by atoms with van der Waals surface area (Å²) >= 11 is 0. The molecule has 2 rings (SSSR count). The Hall–Kier alpha value is -1.74. The molecule has 0 bridgehead atoms. The summed E-state index contributed by atoms with van der Waals surface area (Å²) in [7, 11) is 0. The van der Waals surface area contributed by atoms with Gasteiger partial charge in [-0.05, 0) is 23.1 Å². The number of para-hydroxylation sites is 1. The molecule has 0 radical (unpaired) electrons. The molecule has 0 aliphatic rings. The molecule has 102 valence electrons. The second-order valence-electron chi connectivity index (χ2n) is 5.66. The molecule has 0 saturated heterocycles. The van der Waals surface area contributed by atoms with Gasteiger partial charge in [-0.1, -0.05) is 39.0 Å². The molecule has 3 nitrogen and oxygen atoms in total. The monoisotopic (exact) mass is 259 g/mol. The van der Waals surface area contributed by atoms with Crippen molar-refractivity contribution in [3.8, 4) is 5.75 Å². The van der Waals surface area contributed by atoms with Gasteiger partial charge >= 0.3 is 0 Å². The van der Waals surface area contributed by atoms with Gasteiger partial charge in [0, 0.05) is 12.1 Å². The van der Waals surface area contributed by atoms with Gasteiger partial charge in [-0.25, -0.2) is 0 Å². The normalized spacial score (nSPS) is 11.6. The second-order valence-corrected chi connectivity index (χ2v) is 5.66. The minimum Gasteiger partial charge on any atom is -0.485 e. The Morgan fingerprint density at radius 1 is 1.21 bits per heavy atom. The van der Waals surface area contributed by atoms with Crippen molar-refractivity contribution in [3.05, 3.63) is 53.5 Å². The Balaban J connectivity index is 2.11. The van der Waals surface area contributed by atoms with Crippen molar-refractivity contribution in [2.75, 3.05) is 0 Å². The van der Waals surface area contributed by atoms with Gasteiger partial charge in [0.25, 0.3) is 0 Å². The average molecular weight is 259 g/mol. The first kappa shape index (κ1) is 13.7. The highest BCUT2D eigenvalue weighted by atomic mass is 16.5. The van der Waals surface area contributed by atoms with Crippen molar-refractivity contribution in [2.45, 2.75) is 39.3 Å². The Bertz CT molecular complexity index is 538. The summed E-state index contributed by atoms with van der Waals surface area (Å²) in [5, 5.41) is 0. The van der Waals surface area contributed by atoms with Crippen LogP contribution in [-0.4, -0.2) is 0 Å². The van der Waals surface area contributed by atoms with Gasteiger partial charge < -0.3 is 14.9 Å². The van der Waals surface area contributed by atoms with E-state index in [1.807, 2.05) is 24.3 Å². The molecule has 3 heteroatoms. The van der Waals surface area contributed by atoms with Crippen molar-refractivity contribution < 1.29 is 9.15 Å². The summed E-state index contributed by atoms with van der Waals surface area (Å²) in [6, 6.07) is 10.0. The molecule has 0 saturated carbocycles. The fourth-order valence-electron chi connectivity index (χ4n) is 1.97. The maximum atomic E-state index is 5.87. The molecule has 0 unspecified atom stereocenters. The van der Waals surface area contributed by atoms with E-state index in [0.717, 1.165) is 17.1 Å². The smallest absolute Gasteiger partial charge is 0.146 e. The molecular formula is C16H21NO2. The van der Waals surface area contributed by atoms with Crippen LogP contribution in [0.15, 0.2) is 41.0 Å². The average Bonchev–Trinajstić information content (AvgIpc) is 2.83. The summed E-state index contributed by atoms with van der Waals surface area (Å²) in [6.45, 7) is 7.44. The molecule has 0 aliphatic heterocycles. The number of nitrogens with two attached hydrogens (primary N) is 1. The molecule has 0 atom stereocenters. The predicted octanol–water partition coefficient (Wildman–Crippen LogP) is 3.61. The first-order chi connectivity index (χ1) is 9.00. The van der Waals surface area contributed by atoms with Crippen molar-refractivity contribution in [1.82, 2.24) is 0 Å². The molecule has 2 N–H and O–H groups in total. The Morgan fingerprint density at radius 2 is 1.95 bits per heavy atom. The minimum atomic E-state index is 0.0577.